The van der Waals surface area contributed by atoms with Gasteiger partial charge in [-0.2, -0.15) is 5.26 Å². The van der Waals surface area contributed by atoms with Gasteiger partial charge >= 0.3 is 0 Å². The Morgan fingerprint density at radius 1 is 1.42 bits per heavy atom. The minimum absolute atomic E-state index is 0.256. The zero-order valence-electron chi connectivity index (χ0n) is 11.2. The predicted octanol–water partition coefficient (Wildman–Crippen LogP) is 2.08. The van der Waals surface area contributed by atoms with Gasteiger partial charge in [-0.3, -0.25) is 5.32 Å². The minimum Gasteiger partial charge on any atom is -0.493 e. The number of fused-ring (bicyclic) bond motifs is 1. The van der Waals surface area contributed by atoms with Gasteiger partial charge in [-0.25, -0.2) is 0 Å². The van der Waals surface area contributed by atoms with Crippen LogP contribution >= 0.6 is 0 Å². The molecule has 1 aliphatic heterocycles. The summed E-state index contributed by atoms with van der Waals surface area (Å²) in [6, 6.07) is 7.74. The Labute approximate surface area is 113 Å². The van der Waals surface area contributed by atoms with Gasteiger partial charge in [-0.15, -0.1) is 0 Å². The number of ether oxygens (including phenoxy) is 3. The van der Waals surface area contributed by atoms with Crippen LogP contribution in [0.1, 0.15) is 20.3 Å². The van der Waals surface area contributed by atoms with Crippen molar-refractivity contribution in [3.8, 4) is 23.3 Å². The quantitative estimate of drug-likeness (QED) is 0.850. The Kier molecular flexibility index (Phi) is 4.13. The number of nitrogens with one attached hydrogen (secondary N) is 1. The predicted molar refractivity (Wildman–Crippen MR) is 70.4 cm³/mol. The van der Waals surface area contributed by atoms with Gasteiger partial charge in [0.1, 0.15) is 11.3 Å². The van der Waals surface area contributed by atoms with Crippen LogP contribution < -0.4 is 19.5 Å². The molecule has 0 aromatic heterocycles. The molecule has 1 aliphatic rings. The molecule has 1 atom stereocenters. The summed E-state index contributed by atoms with van der Waals surface area (Å²) < 4.78 is 16.2. The van der Waals surface area contributed by atoms with Crippen LogP contribution in [0.25, 0.3) is 0 Å². The second-order valence-corrected chi connectivity index (χ2v) is 4.59. The molecule has 5 nitrogen and oxygen atoms in total. The molecule has 1 aromatic rings. The van der Waals surface area contributed by atoms with E-state index in [0.29, 0.717) is 18.8 Å². The van der Waals surface area contributed by atoms with Crippen LogP contribution in [0.4, 0.5) is 0 Å². The average molecular weight is 262 g/mol. The zero-order valence-corrected chi connectivity index (χ0v) is 11.2. The van der Waals surface area contributed by atoms with Crippen LogP contribution in [0, 0.1) is 11.3 Å². The molecule has 1 aromatic carbocycles. The molecule has 1 N–H and O–H groups in total. The molecule has 102 valence electrons. The van der Waals surface area contributed by atoms with E-state index in [9.17, 15) is 0 Å². The summed E-state index contributed by atoms with van der Waals surface area (Å²) >= 11 is 0. The van der Waals surface area contributed by atoms with Crippen molar-refractivity contribution in [1.29, 1.82) is 5.26 Å². The highest BCUT2D eigenvalue weighted by atomic mass is 16.7. The van der Waals surface area contributed by atoms with Gasteiger partial charge in [0.15, 0.2) is 11.5 Å². The number of benzene rings is 1. The lowest BCUT2D eigenvalue weighted by Gasteiger charge is -2.22. The summed E-state index contributed by atoms with van der Waals surface area (Å²) in [5.74, 6) is 2.16. The van der Waals surface area contributed by atoms with Gasteiger partial charge in [0.2, 0.25) is 6.79 Å². The first-order valence-corrected chi connectivity index (χ1v) is 6.35. The summed E-state index contributed by atoms with van der Waals surface area (Å²) in [7, 11) is 0. The van der Waals surface area contributed by atoms with Gasteiger partial charge in [0.05, 0.1) is 12.7 Å². The molecule has 1 unspecified atom stereocenters. The maximum atomic E-state index is 9.14. The summed E-state index contributed by atoms with van der Waals surface area (Å²) in [6.07, 6.45) is 0.617. The standard InChI is InChI=1S/C14H18N2O3/c1-3-16-14(2,9-15)6-7-17-11-4-5-12-13(8-11)19-10-18-12/h4-5,8,16H,3,6-7,10H2,1-2H3. The number of hydrogen-bond acceptors (Lipinski definition) is 5. The normalized spacial score (nSPS) is 15.6. The van der Waals surface area contributed by atoms with Gasteiger partial charge in [0, 0.05) is 12.5 Å². The van der Waals surface area contributed by atoms with Crippen molar-refractivity contribution >= 4 is 0 Å². The van der Waals surface area contributed by atoms with E-state index in [4.69, 9.17) is 19.5 Å². The van der Waals surface area contributed by atoms with Crippen molar-refractivity contribution in [1.82, 2.24) is 5.32 Å². The third-order valence-corrected chi connectivity index (χ3v) is 3.03. The van der Waals surface area contributed by atoms with Crippen molar-refractivity contribution in [3.05, 3.63) is 18.2 Å². The molecular weight excluding hydrogens is 244 g/mol. The van der Waals surface area contributed by atoms with Crippen LogP contribution in [0.5, 0.6) is 17.2 Å². The van der Waals surface area contributed by atoms with E-state index < -0.39 is 5.54 Å². The molecule has 5 heteroatoms. The van der Waals surface area contributed by atoms with E-state index in [0.717, 1.165) is 18.0 Å². The topological polar surface area (TPSA) is 63.5 Å². The first-order chi connectivity index (χ1) is 9.17. The van der Waals surface area contributed by atoms with Crippen LogP contribution in [0.2, 0.25) is 0 Å². The minimum atomic E-state index is -0.551. The molecule has 0 radical (unpaired) electrons. The highest BCUT2D eigenvalue weighted by Crippen LogP contribution is 2.35. The van der Waals surface area contributed by atoms with Crippen LogP contribution in [0.3, 0.4) is 0 Å². The van der Waals surface area contributed by atoms with Crippen molar-refractivity contribution in [3.63, 3.8) is 0 Å². The summed E-state index contributed by atoms with van der Waals surface area (Å²) in [6.45, 7) is 5.34. The molecular formula is C14H18N2O3. The molecule has 0 saturated heterocycles. The summed E-state index contributed by atoms with van der Waals surface area (Å²) in [5, 5.41) is 12.3. The molecule has 0 bridgehead atoms. The van der Waals surface area contributed by atoms with E-state index in [1.165, 1.54) is 0 Å². The smallest absolute Gasteiger partial charge is 0.231 e. The Hall–Kier alpha value is -1.93. The van der Waals surface area contributed by atoms with Gasteiger partial charge in [-0.05, 0) is 25.6 Å². The van der Waals surface area contributed by atoms with Crippen molar-refractivity contribution < 1.29 is 14.2 Å². The van der Waals surface area contributed by atoms with E-state index >= 15 is 0 Å². The lowest BCUT2D eigenvalue weighted by Crippen LogP contribution is -2.42. The molecule has 0 spiro atoms. The Bertz CT molecular complexity index is 484. The highest BCUT2D eigenvalue weighted by molar-refractivity contribution is 5.46. The van der Waals surface area contributed by atoms with Gasteiger partial charge < -0.3 is 14.2 Å². The Morgan fingerprint density at radius 2 is 2.21 bits per heavy atom. The first kappa shape index (κ1) is 13.5. The molecule has 0 saturated carbocycles. The van der Waals surface area contributed by atoms with E-state index in [-0.39, 0.29) is 6.79 Å². The van der Waals surface area contributed by atoms with Gasteiger partial charge in [-0.1, -0.05) is 6.92 Å². The van der Waals surface area contributed by atoms with E-state index in [2.05, 4.69) is 11.4 Å². The average Bonchev–Trinajstić information content (AvgIpc) is 2.86. The second kappa shape index (κ2) is 5.81. The van der Waals surface area contributed by atoms with Crippen molar-refractivity contribution in [2.24, 2.45) is 0 Å². The molecule has 1 heterocycles. The summed E-state index contributed by atoms with van der Waals surface area (Å²) in [4.78, 5) is 0. The van der Waals surface area contributed by atoms with E-state index in [1.807, 2.05) is 26.0 Å². The van der Waals surface area contributed by atoms with Crippen molar-refractivity contribution in [2.45, 2.75) is 25.8 Å². The van der Waals surface area contributed by atoms with Crippen LogP contribution in [-0.4, -0.2) is 25.5 Å². The molecule has 0 amide bonds. The monoisotopic (exact) mass is 262 g/mol. The first-order valence-electron chi connectivity index (χ1n) is 6.35. The third kappa shape index (κ3) is 3.30. The molecule has 0 fully saturated rings. The second-order valence-electron chi connectivity index (χ2n) is 4.59. The SMILES string of the molecule is CCNC(C)(C#N)CCOc1ccc2c(c1)OCO2. The Balaban J connectivity index is 1.88. The Morgan fingerprint density at radius 3 is 2.95 bits per heavy atom. The lowest BCUT2D eigenvalue weighted by molar-refractivity contribution is 0.173. The number of nitriles is 1. The number of rotatable bonds is 6. The fourth-order valence-corrected chi connectivity index (χ4v) is 1.91. The fourth-order valence-electron chi connectivity index (χ4n) is 1.91. The van der Waals surface area contributed by atoms with Crippen LogP contribution in [0.15, 0.2) is 18.2 Å². The zero-order chi connectivity index (χ0) is 13.7. The number of nitrogens with zero attached hydrogens (tertiary/aromatic N) is 1. The van der Waals surface area contributed by atoms with Crippen molar-refractivity contribution in [2.75, 3.05) is 19.9 Å². The lowest BCUT2D eigenvalue weighted by atomic mass is 10.0. The number of hydrogen-bond donors (Lipinski definition) is 1. The highest BCUT2D eigenvalue weighted by Gasteiger charge is 2.22. The molecule has 19 heavy (non-hydrogen) atoms. The van der Waals surface area contributed by atoms with Crippen LogP contribution in [-0.2, 0) is 0 Å². The molecule has 0 aliphatic carbocycles. The molecule has 2 rings (SSSR count). The maximum absolute atomic E-state index is 9.14. The summed E-state index contributed by atoms with van der Waals surface area (Å²) in [5.41, 5.74) is -0.551. The largest absolute Gasteiger partial charge is 0.493 e. The fraction of sp³-hybridized carbons (Fsp3) is 0.500. The van der Waals surface area contributed by atoms with Gasteiger partial charge in [0.25, 0.3) is 0 Å². The van der Waals surface area contributed by atoms with E-state index in [1.54, 1.807) is 6.07 Å². The maximum Gasteiger partial charge on any atom is 0.231 e. The third-order valence-electron chi connectivity index (χ3n) is 3.03.